The minimum Gasteiger partial charge on any atom is -0.513 e. The Morgan fingerprint density at radius 3 is 2.31 bits per heavy atom. The normalized spacial score (nSPS) is 16.0. The molecule has 0 spiro atoms. The molecule has 4 rings (SSSR count). The molecule has 0 saturated carbocycles. The van der Waals surface area contributed by atoms with Crippen LogP contribution in [0.25, 0.3) is 11.1 Å². The van der Waals surface area contributed by atoms with E-state index in [9.17, 15) is 5.11 Å². The maximum atomic E-state index is 9.54. The Labute approximate surface area is 172 Å². The second-order valence-electron chi connectivity index (χ2n) is 7.61. The molecule has 29 heavy (non-hydrogen) atoms. The Morgan fingerprint density at radius 2 is 1.62 bits per heavy atom. The molecule has 1 fully saturated rings. The predicted molar refractivity (Wildman–Crippen MR) is 119 cm³/mol. The van der Waals surface area contributed by atoms with E-state index in [4.69, 9.17) is 4.74 Å². The van der Waals surface area contributed by atoms with Crippen molar-refractivity contribution < 1.29 is 9.84 Å². The summed E-state index contributed by atoms with van der Waals surface area (Å²) in [7, 11) is 0. The van der Waals surface area contributed by atoms with Gasteiger partial charge in [0.25, 0.3) is 0 Å². The molecular formula is C26H27NO2. The van der Waals surface area contributed by atoms with E-state index in [2.05, 4.69) is 72.1 Å². The second kappa shape index (κ2) is 8.87. The molecule has 3 heteroatoms. The van der Waals surface area contributed by atoms with E-state index in [-0.39, 0.29) is 5.76 Å². The Hall–Kier alpha value is -3.20. The minimum absolute atomic E-state index is 0.264. The van der Waals surface area contributed by atoms with Crippen LogP contribution >= 0.6 is 0 Å². The number of benzene rings is 3. The van der Waals surface area contributed by atoms with Crippen molar-refractivity contribution in [3.05, 3.63) is 96.8 Å². The van der Waals surface area contributed by atoms with Gasteiger partial charge in [-0.25, -0.2) is 0 Å². The van der Waals surface area contributed by atoms with E-state index in [1.165, 1.54) is 16.8 Å². The van der Waals surface area contributed by atoms with E-state index in [1.807, 2.05) is 18.2 Å². The molecule has 1 heterocycles. The van der Waals surface area contributed by atoms with Gasteiger partial charge in [-0.2, -0.15) is 0 Å². The lowest BCUT2D eigenvalue weighted by molar-refractivity contribution is 0.306. The quantitative estimate of drug-likeness (QED) is 0.480. The highest BCUT2D eigenvalue weighted by molar-refractivity contribution is 5.63. The van der Waals surface area contributed by atoms with Crippen LogP contribution in [-0.4, -0.2) is 17.7 Å². The summed E-state index contributed by atoms with van der Waals surface area (Å²) in [6.07, 6.45) is 2.88. The summed E-state index contributed by atoms with van der Waals surface area (Å²) in [6.45, 7) is 5.21. The van der Waals surface area contributed by atoms with Crippen molar-refractivity contribution in [2.45, 2.75) is 31.9 Å². The summed E-state index contributed by atoms with van der Waals surface area (Å²) in [5.41, 5.74) is 4.76. The molecular weight excluding hydrogens is 358 g/mol. The lowest BCUT2D eigenvalue weighted by Gasteiger charge is -2.26. The van der Waals surface area contributed by atoms with Gasteiger partial charge >= 0.3 is 0 Å². The van der Waals surface area contributed by atoms with Gasteiger partial charge in [0.15, 0.2) is 0 Å². The summed E-state index contributed by atoms with van der Waals surface area (Å²) < 4.78 is 5.97. The maximum absolute atomic E-state index is 9.54. The smallest absolute Gasteiger partial charge is 0.119 e. The number of hydrogen-bond donors (Lipinski definition) is 1. The summed E-state index contributed by atoms with van der Waals surface area (Å²) in [6, 6.07) is 27.5. The number of nitrogens with zero attached hydrogens (tertiary/aromatic N) is 1. The van der Waals surface area contributed by atoms with Crippen LogP contribution in [0.2, 0.25) is 0 Å². The van der Waals surface area contributed by atoms with Crippen molar-refractivity contribution >= 4 is 5.69 Å². The zero-order valence-corrected chi connectivity index (χ0v) is 16.6. The van der Waals surface area contributed by atoms with Crippen molar-refractivity contribution in [1.29, 1.82) is 0 Å². The Kier molecular flexibility index (Phi) is 5.85. The van der Waals surface area contributed by atoms with Crippen LogP contribution < -0.4 is 9.64 Å². The van der Waals surface area contributed by atoms with Crippen molar-refractivity contribution in [3.8, 4) is 16.9 Å². The molecule has 0 radical (unpaired) electrons. The van der Waals surface area contributed by atoms with Crippen LogP contribution in [0.1, 0.15) is 24.8 Å². The highest BCUT2D eigenvalue weighted by Crippen LogP contribution is 2.30. The van der Waals surface area contributed by atoms with Crippen LogP contribution in [0.4, 0.5) is 5.69 Å². The Morgan fingerprint density at radius 1 is 0.931 bits per heavy atom. The predicted octanol–water partition coefficient (Wildman–Crippen LogP) is 6.36. The largest absolute Gasteiger partial charge is 0.513 e. The van der Waals surface area contributed by atoms with Gasteiger partial charge in [-0.1, -0.05) is 61.2 Å². The van der Waals surface area contributed by atoms with Gasteiger partial charge in [-0.15, -0.1) is 0 Å². The number of rotatable bonds is 7. The molecule has 1 aliphatic heterocycles. The zero-order chi connectivity index (χ0) is 20.1. The number of anilines is 1. The standard InChI is InChI=1S/C26H27NO2/c1-20(28)18-25-8-5-17-27(25)24-13-15-26(16-14-24)29-19-21-9-11-23(12-10-21)22-6-3-2-4-7-22/h2-4,6-7,9-16,25,28H,1,5,8,17-19H2. The average Bonchev–Trinajstić information content (AvgIpc) is 3.21. The average molecular weight is 386 g/mol. The zero-order valence-electron chi connectivity index (χ0n) is 16.6. The molecule has 0 amide bonds. The minimum atomic E-state index is 0.264. The number of aliphatic hydroxyl groups excluding tert-OH is 1. The van der Waals surface area contributed by atoms with Crippen molar-refractivity contribution in [2.24, 2.45) is 0 Å². The highest BCUT2D eigenvalue weighted by atomic mass is 16.5. The van der Waals surface area contributed by atoms with E-state index in [0.717, 1.165) is 30.7 Å². The van der Waals surface area contributed by atoms with Gasteiger partial charge in [0.2, 0.25) is 0 Å². The van der Waals surface area contributed by atoms with Crippen LogP contribution in [0.15, 0.2) is 91.2 Å². The first-order valence-electron chi connectivity index (χ1n) is 10.2. The molecule has 148 valence electrons. The first-order valence-corrected chi connectivity index (χ1v) is 10.2. The van der Waals surface area contributed by atoms with Gasteiger partial charge < -0.3 is 14.7 Å². The van der Waals surface area contributed by atoms with Gasteiger partial charge in [-0.05, 0) is 53.8 Å². The SMILES string of the molecule is C=C(O)CC1CCCN1c1ccc(OCc2ccc(-c3ccccc3)cc2)cc1. The van der Waals surface area contributed by atoms with Crippen LogP contribution in [0.3, 0.4) is 0 Å². The third kappa shape index (κ3) is 4.80. The summed E-state index contributed by atoms with van der Waals surface area (Å²) >= 11 is 0. The molecule has 0 aromatic heterocycles. The Balaban J connectivity index is 1.35. The molecule has 1 atom stereocenters. The molecule has 1 N–H and O–H groups in total. The molecule has 0 aliphatic carbocycles. The summed E-state index contributed by atoms with van der Waals surface area (Å²) in [4.78, 5) is 2.35. The van der Waals surface area contributed by atoms with E-state index in [0.29, 0.717) is 19.1 Å². The lowest BCUT2D eigenvalue weighted by atomic mass is 10.0. The van der Waals surface area contributed by atoms with Crippen LogP contribution in [0, 0.1) is 0 Å². The van der Waals surface area contributed by atoms with Gasteiger partial charge in [0.05, 0.1) is 5.76 Å². The number of aliphatic hydroxyl groups is 1. The first kappa shape index (κ1) is 19.1. The fourth-order valence-corrected chi connectivity index (χ4v) is 3.98. The molecule has 3 aromatic rings. The molecule has 1 unspecified atom stereocenters. The summed E-state index contributed by atoms with van der Waals surface area (Å²) in [5, 5.41) is 9.54. The topological polar surface area (TPSA) is 32.7 Å². The van der Waals surface area contributed by atoms with Gasteiger partial charge in [0, 0.05) is 24.7 Å². The molecule has 1 saturated heterocycles. The molecule has 0 bridgehead atoms. The third-order valence-corrected chi connectivity index (χ3v) is 5.48. The number of ether oxygens (including phenoxy) is 1. The van der Waals surface area contributed by atoms with E-state index >= 15 is 0 Å². The van der Waals surface area contributed by atoms with Gasteiger partial charge in [-0.3, -0.25) is 0 Å². The van der Waals surface area contributed by atoms with Crippen molar-refractivity contribution in [2.75, 3.05) is 11.4 Å². The lowest BCUT2D eigenvalue weighted by Crippen LogP contribution is -2.29. The number of hydrogen-bond acceptors (Lipinski definition) is 3. The Bertz CT molecular complexity index is 933. The fraction of sp³-hybridized carbons (Fsp3) is 0.231. The van der Waals surface area contributed by atoms with Crippen molar-refractivity contribution in [1.82, 2.24) is 0 Å². The summed E-state index contributed by atoms with van der Waals surface area (Å²) in [5.74, 6) is 1.13. The molecule has 3 aromatic carbocycles. The van der Waals surface area contributed by atoms with Crippen LogP contribution in [0.5, 0.6) is 5.75 Å². The van der Waals surface area contributed by atoms with Crippen LogP contribution in [-0.2, 0) is 6.61 Å². The van der Waals surface area contributed by atoms with Gasteiger partial charge in [0.1, 0.15) is 12.4 Å². The maximum Gasteiger partial charge on any atom is 0.119 e. The highest BCUT2D eigenvalue weighted by Gasteiger charge is 2.25. The van der Waals surface area contributed by atoms with E-state index in [1.54, 1.807) is 0 Å². The monoisotopic (exact) mass is 385 g/mol. The fourth-order valence-electron chi connectivity index (χ4n) is 3.98. The third-order valence-electron chi connectivity index (χ3n) is 5.48. The molecule has 3 nitrogen and oxygen atoms in total. The van der Waals surface area contributed by atoms with Crippen molar-refractivity contribution in [3.63, 3.8) is 0 Å². The van der Waals surface area contributed by atoms with E-state index < -0.39 is 0 Å². The second-order valence-corrected chi connectivity index (χ2v) is 7.61. The first-order chi connectivity index (χ1) is 14.2. The molecule has 1 aliphatic rings.